The van der Waals surface area contributed by atoms with Crippen molar-refractivity contribution in [3.05, 3.63) is 77.4 Å². The number of fused-ring (bicyclic) bond motifs is 1. The predicted octanol–water partition coefficient (Wildman–Crippen LogP) is 5.09. The predicted molar refractivity (Wildman–Crippen MR) is 161 cm³/mol. The molecule has 1 aliphatic rings. The van der Waals surface area contributed by atoms with E-state index in [2.05, 4.69) is 44.7 Å². The maximum absolute atomic E-state index is 13.2. The number of carboxylic acid groups (broad SMARTS) is 2. The molecule has 0 aromatic heterocycles. The van der Waals surface area contributed by atoms with E-state index in [4.69, 9.17) is 19.8 Å². The number of carboxylic acids is 2. The molecule has 1 saturated heterocycles. The Morgan fingerprint density at radius 3 is 1.98 bits per heavy atom. The zero-order chi connectivity index (χ0) is 35.7. The number of carbonyl (C=O) groups is 4. The Balaban J connectivity index is 0.000000459. The van der Waals surface area contributed by atoms with E-state index in [0.717, 1.165) is 35.0 Å². The second-order valence-corrected chi connectivity index (χ2v) is 10.6. The molecule has 1 fully saturated rings. The Hall–Kier alpha value is -4.70. The highest BCUT2D eigenvalue weighted by Gasteiger charge is 2.39. The van der Waals surface area contributed by atoms with Crippen molar-refractivity contribution in [1.29, 1.82) is 0 Å². The van der Waals surface area contributed by atoms with Gasteiger partial charge in [0.05, 0.1) is 6.04 Å². The van der Waals surface area contributed by atoms with Gasteiger partial charge in [0.25, 0.3) is 5.91 Å². The minimum absolute atomic E-state index is 0.0524. The average molecular weight is 673 g/mol. The maximum atomic E-state index is 13.2. The molecule has 0 bridgehead atoms. The zero-order valence-electron chi connectivity index (χ0n) is 25.7. The summed E-state index contributed by atoms with van der Waals surface area (Å²) in [5, 5.41) is 22.7. The topological polar surface area (TPSA) is 139 Å². The number of likely N-dealkylation sites (N-methyl/N-ethyl adjacent to an activating group) is 2. The van der Waals surface area contributed by atoms with Gasteiger partial charge in [0.2, 0.25) is 5.91 Å². The summed E-state index contributed by atoms with van der Waals surface area (Å²) in [6, 6.07) is 19.4. The Morgan fingerprint density at radius 2 is 1.40 bits per heavy atom. The number of nitrogens with zero attached hydrogens (tertiary/aromatic N) is 2. The van der Waals surface area contributed by atoms with E-state index in [1.807, 2.05) is 58.3 Å². The van der Waals surface area contributed by atoms with Crippen molar-refractivity contribution in [2.24, 2.45) is 0 Å². The van der Waals surface area contributed by atoms with E-state index in [1.165, 1.54) is 0 Å². The molecule has 47 heavy (non-hydrogen) atoms. The van der Waals surface area contributed by atoms with Gasteiger partial charge in [-0.05, 0) is 62.0 Å². The van der Waals surface area contributed by atoms with Gasteiger partial charge in [-0.1, -0.05) is 48.5 Å². The van der Waals surface area contributed by atoms with Crippen molar-refractivity contribution in [3.8, 4) is 0 Å². The number of carbonyl (C=O) groups excluding carboxylic acids is 2. The number of alkyl halides is 6. The van der Waals surface area contributed by atoms with Crippen LogP contribution >= 0.6 is 0 Å². The van der Waals surface area contributed by atoms with Crippen molar-refractivity contribution in [2.75, 3.05) is 39.0 Å². The van der Waals surface area contributed by atoms with Gasteiger partial charge in [0.1, 0.15) is 6.04 Å². The third-order valence-corrected chi connectivity index (χ3v) is 7.03. The van der Waals surface area contributed by atoms with Crippen LogP contribution in [0.1, 0.15) is 34.5 Å². The van der Waals surface area contributed by atoms with Crippen LogP contribution in [0.5, 0.6) is 0 Å². The molecule has 0 radical (unpaired) electrons. The van der Waals surface area contributed by atoms with Gasteiger partial charge >= 0.3 is 24.3 Å². The number of nitrogens with one attached hydrogen (secondary N) is 2. The van der Waals surface area contributed by atoms with E-state index in [0.29, 0.717) is 17.8 Å². The third-order valence-electron chi connectivity index (χ3n) is 7.03. The van der Waals surface area contributed by atoms with E-state index < -0.39 is 24.3 Å². The first kappa shape index (κ1) is 38.5. The summed E-state index contributed by atoms with van der Waals surface area (Å²) in [4.78, 5) is 48.1. The Labute approximate surface area is 265 Å². The van der Waals surface area contributed by atoms with Crippen LogP contribution in [-0.2, 0) is 14.4 Å². The van der Waals surface area contributed by atoms with Gasteiger partial charge < -0.3 is 25.7 Å². The zero-order valence-corrected chi connectivity index (χ0v) is 25.7. The fourth-order valence-electron chi connectivity index (χ4n) is 4.44. The highest BCUT2D eigenvalue weighted by atomic mass is 19.4. The van der Waals surface area contributed by atoms with Crippen molar-refractivity contribution < 1.29 is 55.7 Å². The van der Waals surface area contributed by atoms with Gasteiger partial charge in [-0.2, -0.15) is 26.3 Å². The SMILES string of the molecule is Cc1ccc(NC(=O)C2CN(C)CCN2C)cc1C(=O)N[C@H](C)c1cccc2ccccc12.O=C(O)C(F)(F)F.O=C(O)C(F)(F)F. The molecule has 1 heterocycles. The second-order valence-electron chi connectivity index (χ2n) is 10.6. The van der Waals surface area contributed by atoms with Gasteiger partial charge in [0, 0.05) is 30.9 Å². The molecule has 256 valence electrons. The molecule has 3 aromatic rings. The van der Waals surface area contributed by atoms with Crippen molar-refractivity contribution >= 4 is 40.2 Å². The molecule has 0 aliphatic carbocycles. The number of hydrogen-bond acceptors (Lipinski definition) is 6. The van der Waals surface area contributed by atoms with Gasteiger partial charge in [-0.25, -0.2) is 9.59 Å². The molecule has 3 aromatic carbocycles. The fraction of sp³-hybridized carbons (Fsp3) is 0.355. The molecule has 4 rings (SSSR count). The summed E-state index contributed by atoms with van der Waals surface area (Å²) in [5.41, 5.74) is 3.14. The lowest BCUT2D eigenvalue weighted by atomic mass is 9.99. The normalized spacial score (nSPS) is 16.1. The van der Waals surface area contributed by atoms with Gasteiger partial charge in [-0.15, -0.1) is 0 Å². The number of halogens is 6. The summed E-state index contributed by atoms with van der Waals surface area (Å²) in [5.74, 6) is -5.72. The lowest BCUT2D eigenvalue weighted by Crippen LogP contribution is -2.55. The Morgan fingerprint density at radius 1 is 0.851 bits per heavy atom. The monoisotopic (exact) mass is 672 g/mol. The van der Waals surface area contributed by atoms with Crippen LogP contribution in [0, 0.1) is 6.92 Å². The molecule has 2 atom stereocenters. The van der Waals surface area contributed by atoms with Crippen LogP contribution in [0.4, 0.5) is 32.0 Å². The molecule has 2 amide bonds. The molecule has 0 spiro atoms. The highest BCUT2D eigenvalue weighted by Crippen LogP contribution is 2.25. The Kier molecular flexibility index (Phi) is 13.3. The molecular weight excluding hydrogens is 638 g/mol. The van der Waals surface area contributed by atoms with E-state index in [1.54, 1.807) is 6.07 Å². The lowest BCUT2D eigenvalue weighted by Gasteiger charge is -2.36. The van der Waals surface area contributed by atoms with Crippen LogP contribution < -0.4 is 10.6 Å². The first-order valence-corrected chi connectivity index (χ1v) is 13.9. The van der Waals surface area contributed by atoms with Crippen molar-refractivity contribution in [2.45, 2.75) is 38.3 Å². The molecule has 0 saturated carbocycles. The molecule has 16 heteroatoms. The second kappa shape index (κ2) is 16.2. The summed E-state index contributed by atoms with van der Waals surface area (Å²) >= 11 is 0. The number of aryl methyl sites for hydroxylation is 1. The van der Waals surface area contributed by atoms with Gasteiger partial charge in [0.15, 0.2) is 0 Å². The smallest absolute Gasteiger partial charge is 0.475 e. The largest absolute Gasteiger partial charge is 0.490 e. The Bertz CT molecular complexity index is 1550. The molecule has 1 unspecified atom stereocenters. The third kappa shape index (κ3) is 11.6. The van der Waals surface area contributed by atoms with Crippen LogP contribution in [-0.4, -0.2) is 95.9 Å². The minimum atomic E-state index is -5.08. The number of amides is 2. The van der Waals surface area contributed by atoms with Crippen molar-refractivity contribution in [1.82, 2.24) is 15.1 Å². The van der Waals surface area contributed by atoms with E-state index in [9.17, 15) is 35.9 Å². The minimum Gasteiger partial charge on any atom is -0.475 e. The number of hydrogen-bond donors (Lipinski definition) is 4. The van der Waals surface area contributed by atoms with Crippen LogP contribution in [0.25, 0.3) is 10.8 Å². The van der Waals surface area contributed by atoms with E-state index in [-0.39, 0.29) is 23.9 Å². The van der Waals surface area contributed by atoms with Crippen molar-refractivity contribution in [3.63, 3.8) is 0 Å². The molecule has 10 nitrogen and oxygen atoms in total. The summed E-state index contributed by atoms with van der Waals surface area (Å²) < 4.78 is 63.5. The summed E-state index contributed by atoms with van der Waals surface area (Å²) in [6.07, 6.45) is -10.2. The molecular formula is C31H34F6N4O6. The maximum Gasteiger partial charge on any atom is 0.490 e. The number of aliphatic carboxylic acids is 2. The van der Waals surface area contributed by atoms with E-state index >= 15 is 0 Å². The quantitative estimate of drug-likeness (QED) is 0.275. The lowest BCUT2D eigenvalue weighted by molar-refractivity contribution is -0.193. The standard InChI is InChI=1S/C27H32N4O2.2C2HF3O2/c1-18-12-13-21(29-27(33)25-17-30(3)14-15-31(25)4)16-24(18)26(32)28-19(2)22-11-7-9-20-8-5-6-10-23(20)22;2*3-2(4,5)1(6)7/h5-13,16,19,25H,14-15,17H2,1-4H3,(H,28,32)(H,29,33);2*(H,6,7)/t19-,25?;;/m1../s1. The molecule has 4 N–H and O–H groups in total. The van der Waals surface area contributed by atoms with Crippen LogP contribution in [0.2, 0.25) is 0 Å². The van der Waals surface area contributed by atoms with Crippen LogP contribution in [0.15, 0.2) is 60.7 Å². The average Bonchev–Trinajstić information content (AvgIpc) is 2.98. The number of piperazine rings is 1. The molecule has 1 aliphatic heterocycles. The summed E-state index contributed by atoms with van der Waals surface area (Å²) in [7, 11) is 4.00. The van der Waals surface area contributed by atoms with Crippen LogP contribution in [0.3, 0.4) is 0 Å². The summed E-state index contributed by atoms with van der Waals surface area (Å²) in [6.45, 7) is 6.39. The first-order chi connectivity index (χ1) is 21.7. The highest BCUT2D eigenvalue weighted by molar-refractivity contribution is 6.00. The number of anilines is 1. The first-order valence-electron chi connectivity index (χ1n) is 13.9. The number of benzene rings is 3. The van der Waals surface area contributed by atoms with Gasteiger partial charge in [-0.3, -0.25) is 14.5 Å². The number of rotatable bonds is 5. The fourth-order valence-corrected chi connectivity index (χ4v) is 4.44.